The minimum atomic E-state index is -0.749. The largest absolute Gasteiger partial charge is 0.387 e. The zero-order chi connectivity index (χ0) is 18.1. The first-order valence-electron chi connectivity index (χ1n) is 9.79. The summed E-state index contributed by atoms with van der Waals surface area (Å²) in [6.45, 7) is 5.36. The van der Waals surface area contributed by atoms with E-state index in [0.717, 1.165) is 31.7 Å². The molecule has 1 aromatic rings. The lowest BCUT2D eigenvalue weighted by Gasteiger charge is -2.41. The van der Waals surface area contributed by atoms with Crippen LogP contribution < -0.4 is 4.90 Å². The summed E-state index contributed by atoms with van der Waals surface area (Å²) in [7, 11) is 0. The summed E-state index contributed by atoms with van der Waals surface area (Å²) in [4.78, 5) is 26.7. The number of amides is 1. The Morgan fingerprint density at radius 2 is 2.00 bits per heavy atom. The van der Waals surface area contributed by atoms with E-state index < -0.39 is 5.60 Å². The van der Waals surface area contributed by atoms with Crippen LogP contribution in [0.3, 0.4) is 0 Å². The van der Waals surface area contributed by atoms with Gasteiger partial charge in [-0.25, -0.2) is 9.97 Å². The topological polar surface area (TPSA) is 72.8 Å². The third kappa shape index (κ3) is 3.83. The van der Waals surface area contributed by atoms with Crippen molar-refractivity contribution in [2.45, 2.75) is 56.7 Å². The van der Waals surface area contributed by atoms with Gasteiger partial charge in [-0.05, 0) is 38.2 Å². The third-order valence-electron chi connectivity index (χ3n) is 6.02. The second-order valence-electron chi connectivity index (χ2n) is 8.13. The summed E-state index contributed by atoms with van der Waals surface area (Å²) < 4.78 is 0. The molecule has 7 nitrogen and oxygen atoms in total. The number of piperidine rings is 1. The molecule has 0 aromatic carbocycles. The lowest BCUT2D eigenvalue weighted by Crippen LogP contribution is -2.51. The maximum absolute atomic E-state index is 11.5. The van der Waals surface area contributed by atoms with Crippen molar-refractivity contribution in [2.75, 3.05) is 37.6 Å². The highest BCUT2D eigenvalue weighted by atomic mass is 16.3. The lowest BCUT2D eigenvalue weighted by atomic mass is 9.98. The normalized spacial score (nSPS) is 27.7. The maximum Gasteiger partial charge on any atom is 0.219 e. The molecule has 142 valence electrons. The Hall–Kier alpha value is -1.73. The molecule has 4 rings (SSSR count). The second-order valence-corrected chi connectivity index (χ2v) is 8.13. The van der Waals surface area contributed by atoms with Gasteiger partial charge in [0.05, 0.1) is 12.1 Å². The molecule has 1 N–H and O–H groups in total. The molecule has 1 aromatic heterocycles. The van der Waals surface area contributed by atoms with E-state index in [1.54, 1.807) is 18.2 Å². The first-order valence-corrected chi connectivity index (χ1v) is 9.79. The highest BCUT2D eigenvalue weighted by molar-refractivity contribution is 5.73. The van der Waals surface area contributed by atoms with Gasteiger partial charge in [-0.2, -0.15) is 0 Å². The highest BCUT2D eigenvalue weighted by Crippen LogP contribution is 2.35. The van der Waals surface area contributed by atoms with E-state index in [9.17, 15) is 9.90 Å². The van der Waals surface area contributed by atoms with Crippen LogP contribution >= 0.6 is 0 Å². The molecule has 0 radical (unpaired) electrons. The highest BCUT2D eigenvalue weighted by Gasteiger charge is 2.41. The van der Waals surface area contributed by atoms with Crippen LogP contribution in [0.15, 0.2) is 18.6 Å². The monoisotopic (exact) mass is 359 g/mol. The van der Waals surface area contributed by atoms with Crippen LogP contribution in [0.5, 0.6) is 0 Å². The Bertz CT molecular complexity index is 630. The van der Waals surface area contributed by atoms with E-state index in [-0.39, 0.29) is 5.91 Å². The molecule has 1 unspecified atom stereocenters. The summed E-state index contributed by atoms with van der Waals surface area (Å²) in [6.07, 6.45) is 8.83. The van der Waals surface area contributed by atoms with E-state index >= 15 is 0 Å². The van der Waals surface area contributed by atoms with Crippen molar-refractivity contribution in [1.29, 1.82) is 0 Å². The molecule has 1 atom stereocenters. The summed E-state index contributed by atoms with van der Waals surface area (Å²) >= 11 is 0. The minimum absolute atomic E-state index is 0.0598. The van der Waals surface area contributed by atoms with Gasteiger partial charge in [-0.1, -0.05) is 0 Å². The molecule has 3 heterocycles. The molecule has 3 aliphatic rings. The van der Waals surface area contributed by atoms with E-state index in [4.69, 9.17) is 0 Å². The van der Waals surface area contributed by atoms with E-state index in [1.807, 2.05) is 12.3 Å². The van der Waals surface area contributed by atoms with E-state index in [1.165, 1.54) is 12.8 Å². The van der Waals surface area contributed by atoms with Gasteiger partial charge in [0, 0.05) is 51.4 Å². The summed E-state index contributed by atoms with van der Waals surface area (Å²) in [5.41, 5.74) is -0.749. The maximum atomic E-state index is 11.5. The quantitative estimate of drug-likeness (QED) is 0.842. The molecule has 2 saturated heterocycles. The lowest BCUT2D eigenvalue weighted by molar-refractivity contribution is -0.129. The number of aromatic nitrogens is 2. The number of aliphatic hydroxyl groups is 1. The number of nitrogens with zero attached hydrogens (tertiary/aromatic N) is 5. The Kier molecular flexibility index (Phi) is 4.84. The van der Waals surface area contributed by atoms with Gasteiger partial charge in [-0.3, -0.25) is 4.79 Å². The number of rotatable bonds is 5. The number of carbonyl (C=O) groups is 1. The van der Waals surface area contributed by atoms with Gasteiger partial charge in [-0.15, -0.1) is 0 Å². The zero-order valence-corrected chi connectivity index (χ0v) is 15.5. The predicted molar refractivity (Wildman–Crippen MR) is 98.8 cm³/mol. The van der Waals surface area contributed by atoms with Gasteiger partial charge in [0.15, 0.2) is 0 Å². The van der Waals surface area contributed by atoms with Crippen LogP contribution in [0.2, 0.25) is 0 Å². The number of anilines is 1. The van der Waals surface area contributed by atoms with Crippen LogP contribution in [-0.2, 0) is 4.79 Å². The molecule has 7 heteroatoms. The zero-order valence-electron chi connectivity index (χ0n) is 15.5. The van der Waals surface area contributed by atoms with Gasteiger partial charge in [0.2, 0.25) is 5.91 Å². The Morgan fingerprint density at radius 1 is 1.27 bits per heavy atom. The molecular formula is C19H29N5O2. The standard InChI is InChI=1S/C19H29N5O2/c1-15(25)23-11-7-19(26,13-23)12-22-9-5-17(6-10-22)24(16-2-3-16)18-4-8-20-14-21-18/h4,8,14,16-17,26H,2-3,5-7,9-13H2,1H3. The predicted octanol–water partition coefficient (Wildman–Crippen LogP) is 0.893. The third-order valence-corrected chi connectivity index (χ3v) is 6.02. The molecule has 1 amide bonds. The van der Waals surface area contributed by atoms with Crippen LogP contribution in [-0.4, -0.2) is 81.2 Å². The van der Waals surface area contributed by atoms with Crippen molar-refractivity contribution in [2.24, 2.45) is 0 Å². The van der Waals surface area contributed by atoms with Crippen molar-refractivity contribution >= 4 is 11.7 Å². The van der Waals surface area contributed by atoms with E-state index in [2.05, 4.69) is 19.8 Å². The van der Waals surface area contributed by atoms with Crippen molar-refractivity contribution in [1.82, 2.24) is 19.8 Å². The fourth-order valence-corrected chi connectivity index (χ4v) is 4.49. The smallest absolute Gasteiger partial charge is 0.219 e. The van der Waals surface area contributed by atoms with Crippen molar-refractivity contribution < 1.29 is 9.90 Å². The fraction of sp³-hybridized carbons (Fsp3) is 0.737. The Morgan fingerprint density at radius 3 is 2.58 bits per heavy atom. The van der Waals surface area contributed by atoms with Crippen LogP contribution in [0, 0.1) is 0 Å². The van der Waals surface area contributed by atoms with Crippen LogP contribution in [0.25, 0.3) is 0 Å². The summed E-state index contributed by atoms with van der Waals surface area (Å²) in [6, 6.07) is 3.16. The van der Waals surface area contributed by atoms with Crippen LogP contribution in [0.1, 0.15) is 39.0 Å². The molecule has 26 heavy (non-hydrogen) atoms. The first kappa shape index (κ1) is 17.7. The average Bonchev–Trinajstić information content (AvgIpc) is 3.39. The van der Waals surface area contributed by atoms with Crippen molar-refractivity contribution in [3.8, 4) is 0 Å². The summed E-state index contributed by atoms with van der Waals surface area (Å²) in [5, 5.41) is 10.9. The molecule has 2 aliphatic heterocycles. The van der Waals surface area contributed by atoms with Crippen molar-refractivity contribution in [3.05, 3.63) is 18.6 Å². The fourth-order valence-electron chi connectivity index (χ4n) is 4.49. The summed E-state index contributed by atoms with van der Waals surface area (Å²) in [5.74, 6) is 1.11. The first-order chi connectivity index (χ1) is 12.5. The van der Waals surface area contributed by atoms with Gasteiger partial charge >= 0.3 is 0 Å². The molecule has 1 aliphatic carbocycles. The Labute approximate surface area is 155 Å². The second kappa shape index (κ2) is 7.12. The number of carbonyl (C=O) groups excluding carboxylic acids is 1. The molecule has 0 spiro atoms. The van der Waals surface area contributed by atoms with Gasteiger partial charge in [0.25, 0.3) is 0 Å². The van der Waals surface area contributed by atoms with Gasteiger partial charge in [0.1, 0.15) is 12.1 Å². The number of β-amino-alcohol motifs (C(OH)–C–C–N with tert-alkyl or cyclic N) is 1. The molecular weight excluding hydrogens is 330 g/mol. The number of hydrogen-bond donors (Lipinski definition) is 1. The average molecular weight is 359 g/mol. The van der Waals surface area contributed by atoms with Crippen LogP contribution in [0.4, 0.5) is 5.82 Å². The minimum Gasteiger partial charge on any atom is -0.387 e. The molecule has 1 saturated carbocycles. The van der Waals surface area contributed by atoms with Gasteiger partial charge < -0.3 is 19.8 Å². The molecule has 0 bridgehead atoms. The number of hydrogen-bond acceptors (Lipinski definition) is 6. The van der Waals surface area contributed by atoms with Crippen molar-refractivity contribution in [3.63, 3.8) is 0 Å². The SMILES string of the molecule is CC(=O)N1CCC(O)(CN2CCC(N(c3ccncn3)C3CC3)CC2)C1. The molecule has 3 fully saturated rings. The van der Waals surface area contributed by atoms with E-state index in [0.29, 0.717) is 38.1 Å². The number of likely N-dealkylation sites (tertiary alicyclic amines) is 2. The Balaban J connectivity index is 1.33.